The van der Waals surface area contributed by atoms with Crippen molar-refractivity contribution in [1.82, 2.24) is 4.90 Å². The zero-order valence-corrected chi connectivity index (χ0v) is 16.0. The topological polar surface area (TPSA) is 43.7 Å². The SMILES string of the molecule is Oc1cc2ccc(C#CCN3CCCCC3)cc2c(O)c1Cc1ccccc1. The molecule has 1 fully saturated rings. The minimum absolute atomic E-state index is 0.123. The Bertz CT molecular complexity index is 1030. The number of aromatic hydroxyl groups is 2. The van der Waals surface area contributed by atoms with E-state index in [1.165, 1.54) is 19.3 Å². The molecule has 0 amide bonds. The Morgan fingerprint density at radius 2 is 1.68 bits per heavy atom. The summed E-state index contributed by atoms with van der Waals surface area (Å²) in [7, 11) is 0. The highest BCUT2D eigenvalue weighted by atomic mass is 16.3. The lowest BCUT2D eigenvalue weighted by Gasteiger charge is -2.23. The molecule has 0 unspecified atom stereocenters. The maximum atomic E-state index is 10.8. The molecule has 3 heteroatoms. The van der Waals surface area contributed by atoms with Gasteiger partial charge in [-0.2, -0.15) is 0 Å². The van der Waals surface area contributed by atoms with Crippen molar-refractivity contribution in [2.45, 2.75) is 25.7 Å². The predicted molar refractivity (Wildman–Crippen MR) is 114 cm³/mol. The first kappa shape index (κ1) is 18.4. The van der Waals surface area contributed by atoms with Gasteiger partial charge in [-0.05, 0) is 55.1 Å². The zero-order valence-electron chi connectivity index (χ0n) is 16.0. The summed E-state index contributed by atoms with van der Waals surface area (Å²) in [4.78, 5) is 2.39. The molecule has 0 bridgehead atoms. The first-order valence-electron chi connectivity index (χ1n) is 9.93. The van der Waals surface area contributed by atoms with E-state index in [1.54, 1.807) is 6.07 Å². The van der Waals surface area contributed by atoms with Gasteiger partial charge in [-0.3, -0.25) is 4.90 Å². The van der Waals surface area contributed by atoms with Gasteiger partial charge in [0.15, 0.2) is 0 Å². The Kier molecular flexibility index (Phi) is 5.50. The molecular formula is C25H25NO2. The van der Waals surface area contributed by atoms with Gasteiger partial charge in [0, 0.05) is 22.9 Å². The molecule has 28 heavy (non-hydrogen) atoms. The second-order valence-electron chi connectivity index (χ2n) is 7.46. The highest BCUT2D eigenvalue weighted by Gasteiger charge is 2.13. The Morgan fingerprint density at radius 3 is 2.46 bits per heavy atom. The van der Waals surface area contributed by atoms with Crippen LogP contribution in [-0.2, 0) is 6.42 Å². The Hall–Kier alpha value is -2.96. The molecule has 1 aliphatic heterocycles. The average molecular weight is 371 g/mol. The van der Waals surface area contributed by atoms with E-state index in [0.29, 0.717) is 12.0 Å². The second kappa shape index (κ2) is 8.37. The van der Waals surface area contributed by atoms with Crippen LogP contribution < -0.4 is 0 Å². The van der Waals surface area contributed by atoms with E-state index in [1.807, 2.05) is 48.5 Å². The maximum Gasteiger partial charge on any atom is 0.130 e. The molecule has 0 aromatic heterocycles. The zero-order chi connectivity index (χ0) is 19.3. The monoisotopic (exact) mass is 371 g/mol. The van der Waals surface area contributed by atoms with Crippen molar-refractivity contribution in [1.29, 1.82) is 0 Å². The number of piperidine rings is 1. The molecule has 0 atom stereocenters. The highest BCUT2D eigenvalue weighted by molar-refractivity contribution is 5.92. The fraction of sp³-hybridized carbons (Fsp3) is 0.280. The minimum Gasteiger partial charge on any atom is -0.507 e. The van der Waals surface area contributed by atoms with E-state index in [0.717, 1.165) is 41.5 Å². The van der Waals surface area contributed by atoms with Crippen LogP contribution in [0, 0.1) is 11.8 Å². The molecule has 4 rings (SSSR count). The molecule has 0 saturated carbocycles. The van der Waals surface area contributed by atoms with E-state index in [9.17, 15) is 10.2 Å². The summed E-state index contributed by atoms with van der Waals surface area (Å²) in [6.07, 6.45) is 4.34. The first-order chi connectivity index (χ1) is 13.7. The number of likely N-dealkylation sites (tertiary alicyclic amines) is 1. The number of phenolic OH excluding ortho intramolecular Hbond substituents is 2. The van der Waals surface area contributed by atoms with Crippen molar-refractivity contribution in [3.63, 3.8) is 0 Å². The van der Waals surface area contributed by atoms with Crippen LogP contribution in [0.25, 0.3) is 10.8 Å². The van der Waals surface area contributed by atoms with Gasteiger partial charge in [0.1, 0.15) is 11.5 Å². The standard InChI is InChI=1S/C25H25NO2/c27-24-18-21-12-11-20(10-7-15-26-13-5-2-6-14-26)16-22(21)25(28)23(24)17-19-8-3-1-4-9-19/h1,3-4,8-9,11-12,16,18,27-28H,2,5-6,13-15,17H2. The third-order valence-corrected chi connectivity index (χ3v) is 5.40. The van der Waals surface area contributed by atoms with E-state index in [4.69, 9.17) is 0 Å². The van der Waals surface area contributed by atoms with Crippen molar-refractivity contribution in [3.8, 4) is 23.3 Å². The summed E-state index contributed by atoms with van der Waals surface area (Å²) in [5.41, 5.74) is 2.48. The van der Waals surface area contributed by atoms with Crippen molar-refractivity contribution in [3.05, 3.63) is 71.3 Å². The van der Waals surface area contributed by atoms with E-state index in [-0.39, 0.29) is 11.5 Å². The number of hydrogen-bond donors (Lipinski definition) is 2. The molecule has 1 heterocycles. The number of nitrogens with zero attached hydrogens (tertiary/aromatic N) is 1. The van der Waals surface area contributed by atoms with Gasteiger partial charge >= 0.3 is 0 Å². The van der Waals surface area contributed by atoms with Crippen molar-refractivity contribution in [2.75, 3.05) is 19.6 Å². The van der Waals surface area contributed by atoms with E-state index < -0.39 is 0 Å². The average Bonchev–Trinajstić information content (AvgIpc) is 2.73. The summed E-state index contributed by atoms with van der Waals surface area (Å²) in [6.45, 7) is 3.06. The largest absolute Gasteiger partial charge is 0.507 e. The van der Waals surface area contributed by atoms with Crippen molar-refractivity contribution < 1.29 is 10.2 Å². The van der Waals surface area contributed by atoms with Gasteiger partial charge in [0.05, 0.1) is 6.54 Å². The summed E-state index contributed by atoms with van der Waals surface area (Å²) in [5.74, 6) is 6.76. The van der Waals surface area contributed by atoms with Gasteiger partial charge in [-0.25, -0.2) is 0 Å². The van der Waals surface area contributed by atoms with Crippen LogP contribution in [0.1, 0.15) is 36.0 Å². The molecule has 0 aliphatic carbocycles. The van der Waals surface area contributed by atoms with Crippen LogP contribution in [0.2, 0.25) is 0 Å². The number of phenols is 2. The van der Waals surface area contributed by atoms with Crippen LogP contribution in [0.15, 0.2) is 54.6 Å². The van der Waals surface area contributed by atoms with Crippen LogP contribution in [0.5, 0.6) is 11.5 Å². The van der Waals surface area contributed by atoms with Crippen LogP contribution in [-0.4, -0.2) is 34.7 Å². The molecular weight excluding hydrogens is 346 g/mol. The first-order valence-corrected chi connectivity index (χ1v) is 9.93. The van der Waals surface area contributed by atoms with E-state index >= 15 is 0 Å². The van der Waals surface area contributed by atoms with Crippen LogP contribution >= 0.6 is 0 Å². The number of fused-ring (bicyclic) bond motifs is 1. The van der Waals surface area contributed by atoms with Gasteiger partial charge in [0.25, 0.3) is 0 Å². The summed E-state index contributed by atoms with van der Waals surface area (Å²) in [5, 5.41) is 22.8. The van der Waals surface area contributed by atoms with E-state index in [2.05, 4.69) is 16.7 Å². The Morgan fingerprint density at radius 1 is 0.893 bits per heavy atom. The fourth-order valence-electron chi connectivity index (χ4n) is 3.83. The lowest BCUT2D eigenvalue weighted by molar-refractivity contribution is 0.255. The third kappa shape index (κ3) is 4.13. The van der Waals surface area contributed by atoms with Gasteiger partial charge < -0.3 is 10.2 Å². The molecule has 0 radical (unpaired) electrons. The lowest BCUT2D eigenvalue weighted by Crippen LogP contribution is -2.29. The number of rotatable bonds is 3. The van der Waals surface area contributed by atoms with Gasteiger partial charge in [-0.1, -0.05) is 54.7 Å². The molecule has 1 saturated heterocycles. The summed E-state index contributed by atoms with van der Waals surface area (Å²) < 4.78 is 0. The fourth-order valence-corrected chi connectivity index (χ4v) is 3.83. The number of hydrogen-bond acceptors (Lipinski definition) is 3. The second-order valence-corrected chi connectivity index (χ2v) is 7.46. The molecule has 0 spiro atoms. The van der Waals surface area contributed by atoms with Crippen molar-refractivity contribution in [2.24, 2.45) is 0 Å². The van der Waals surface area contributed by atoms with Crippen LogP contribution in [0.4, 0.5) is 0 Å². The third-order valence-electron chi connectivity index (χ3n) is 5.40. The molecule has 3 aromatic rings. The summed E-state index contributed by atoms with van der Waals surface area (Å²) in [6, 6.07) is 17.4. The minimum atomic E-state index is 0.123. The van der Waals surface area contributed by atoms with Gasteiger partial charge in [-0.15, -0.1) is 0 Å². The normalized spacial score (nSPS) is 14.6. The number of benzene rings is 3. The lowest BCUT2D eigenvalue weighted by atomic mass is 9.97. The molecule has 3 nitrogen and oxygen atoms in total. The summed E-state index contributed by atoms with van der Waals surface area (Å²) >= 11 is 0. The highest BCUT2D eigenvalue weighted by Crippen LogP contribution is 2.37. The smallest absolute Gasteiger partial charge is 0.130 e. The van der Waals surface area contributed by atoms with Crippen molar-refractivity contribution >= 4 is 10.8 Å². The molecule has 2 N–H and O–H groups in total. The molecule has 142 valence electrons. The molecule has 3 aromatic carbocycles. The predicted octanol–water partition coefficient (Wildman–Crippen LogP) is 4.68. The quantitative estimate of drug-likeness (QED) is 0.657. The molecule has 1 aliphatic rings. The maximum absolute atomic E-state index is 10.8. The Labute approximate surface area is 166 Å². The van der Waals surface area contributed by atoms with Crippen LogP contribution in [0.3, 0.4) is 0 Å². The van der Waals surface area contributed by atoms with Gasteiger partial charge in [0.2, 0.25) is 0 Å². The Balaban J connectivity index is 1.61.